The van der Waals surface area contributed by atoms with Crippen molar-refractivity contribution in [2.24, 2.45) is 5.92 Å². The van der Waals surface area contributed by atoms with E-state index in [9.17, 15) is 9.90 Å². The van der Waals surface area contributed by atoms with E-state index < -0.39 is 0 Å². The number of rotatable bonds is 4. The summed E-state index contributed by atoms with van der Waals surface area (Å²) in [4.78, 5) is 11.7. The summed E-state index contributed by atoms with van der Waals surface area (Å²) in [5, 5.41) is 12.1. The topological polar surface area (TPSA) is 75.3 Å². The first-order valence-corrected chi connectivity index (χ1v) is 5.53. The van der Waals surface area contributed by atoms with Crippen molar-refractivity contribution in [2.45, 2.75) is 19.3 Å². The molecule has 1 fully saturated rings. The van der Waals surface area contributed by atoms with E-state index in [-0.39, 0.29) is 11.7 Å². The van der Waals surface area contributed by atoms with Crippen LogP contribution in [0.15, 0.2) is 18.2 Å². The number of hydrogen-bond donors (Lipinski definition) is 3. The van der Waals surface area contributed by atoms with Crippen molar-refractivity contribution >= 4 is 11.6 Å². The fraction of sp³-hybridized carbons (Fsp3) is 0.417. The Balaban J connectivity index is 1.93. The molecule has 0 aromatic heterocycles. The number of amides is 1. The number of carbonyl (C=O) groups is 1. The second-order valence-corrected chi connectivity index (χ2v) is 4.26. The maximum Gasteiger partial charge on any atom is 0.253 e. The number of nitrogens with one attached hydrogen (secondary N) is 1. The molecule has 0 atom stereocenters. The first-order valence-electron chi connectivity index (χ1n) is 5.53. The lowest BCUT2D eigenvalue weighted by Gasteiger charge is -2.07. The van der Waals surface area contributed by atoms with Crippen molar-refractivity contribution < 1.29 is 9.90 Å². The van der Waals surface area contributed by atoms with Crippen LogP contribution in [0, 0.1) is 5.92 Å². The number of nitrogens with two attached hydrogens (primary N) is 1. The minimum atomic E-state index is -0.214. The Morgan fingerprint density at radius 1 is 1.50 bits per heavy atom. The Kier molecular flexibility index (Phi) is 2.99. The van der Waals surface area contributed by atoms with E-state index in [1.165, 1.54) is 31.0 Å². The summed E-state index contributed by atoms with van der Waals surface area (Å²) < 4.78 is 0. The lowest BCUT2D eigenvalue weighted by molar-refractivity contribution is 0.0953. The molecule has 0 saturated heterocycles. The number of phenols is 1. The first kappa shape index (κ1) is 10.8. The molecule has 0 aliphatic heterocycles. The van der Waals surface area contributed by atoms with Crippen LogP contribution in [0.5, 0.6) is 5.75 Å². The van der Waals surface area contributed by atoms with Gasteiger partial charge in [0.2, 0.25) is 0 Å². The van der Waals surface area contributed by atoms with Crippen LogP contribution < -0.4 is 11.1 Å². The van der Waals surface area contributed by atoms with Gasteiger partial charge in [0.25, 0.3) is 5.91 Å². The summed E-state index contributed by atoms with van der Waals surface area (Å²) in [7, 11) is 0. The highest BCUT2D eigenvalue weighted by Crippen LogP contribution is 2.31. The summed E-state index contributed by atoms with van der Waals surface area (Å²) in [6.45, 7) is 0.679. The summed E-state index contributed by atoms with van der Waals surface area (Å²) in [6.07, 6.45) is 3.60. The average Bonchev–Trinajstić information content (AvgIpc) is 3.05. The van der Waals surface area contributed by atoms with Gasteiger partial charge in [-0.1, -0.05) is 12.8 Å². The monoisotopic (exact) mass is 220 g/mol. The Hall–Kier alpha value is -1.71. The van der Waals surface area contributed by atoms with Gasteiger partial charge in [0, 0.05) is 12.2 Å². The Morgan fingerprint density at radius 2 is 2.25 bits per heavy atom. The van der Waals surface area contributed by atoms with Gasteiger partial charge in [0.15, 0.2) is 0 Å². The Bertz CT molecular complexity index is 400. The standard InChI is InChI=1S/C12H16N2O2/c13-11-4-3-9(15)7-10(11)12(16)14-6-5-8-1-2-8/h3-4,7-8,15H,1-2,5-6,13H2,(H,14,16). The van der Waals surface area contributed by atoms with Crippen molar-refractivity contribution in [3.63, 3.8) is 0 Å². The lowest BCUT2D eigenvalue weighted by Crippen LogP contribution is -2.25. The molecule has 4 nitrogen and oxygen atoms in total. The average molecular weight is 220 g/mol. The van der Waals surface area contributed by atoms with Crippen LogP contribution in [0.4, 0.5) is 5.69 Å². The minimum absolute atomic E-state index is 0.0570. The van der Waals surface area contributed by atoms with E-state index in [1.54, 1.807) is 0 Å². The number of aromatic hydroxyl groups is 1. The summed E-state index contributed by atoms with van der Waals surface area (Å²) >= 11 is 0. The fourth-order valence-electron chi connectivity index (χ4n) is 1.63. The van der Waals surface area contributed by atoms with Gasteiger partial charge >= 0.3 is 0 Å². The maximum absolute atomic E-state index is 11.7. The number of phenolic OH excluding ortho intramolecular Hbond substituents is 1. The SMILES string of the molecule is Nc1ccc(O)cc1C(=O)NCCC1CC1. The third kappa shape index (κ3) is 2.66. The minimum Gasteiger partial charge on any atom is -0.508 e. The summed E-state index contributed by atoms with van der Waals surface area (Å²) in [5.74, 6) is 0.636. The van der Waals surface area contributed by atoms with E-state index in [0.29, 0.717) is 17.8 Å². The van der Waals surface area contributed by atoms with E-state index in [4.69, 9.17) is 5.73 Å². The van der Waals surface area contributed by atoms with Crippen molar-refractivity contribution in [1.82, 2.24) is 5.32 Å². The van der Waals surface area contributed by atoms with Crippen molar-refractivity contribution in [1.29, 1.82) is 0 Å². The second kappa shape index (κ2) is 4.43. The highest BCUT2D eigenvalue weighted by atomic mass is 16.3. The normalized spacial score (nSPS) is 14.8. The molecular weight excluding hydrogens is 204 g/mol. The van der Waals surface area contributed by atoms with Crippen molar-refractivity contribution in [3.05, 3.63) is 23.8 Å². The zero-order chi connectivity index (χ0) is 11.5. The van der Waals surface area contributed by atoms with Crippen LogP contribution in [0.3, 0.4) is 0 Å². The zero-order valence-electron chi connectivity index (χ0n) is 9.07. The fourth-order valence-corrected chi connectivity index (χ4v) is 1.63. The Labute approximate surface area is 94.5 Å². The maximum atomic E-state index is 11.7. The molecule has 1 saturated carbocycles. The third-order valence-electron chi connectivity index (χ3n) is 2.82. The summed E-state index contributed by atoms with van der Waals surface area (Å²) in [5.41, 5.74) is 6.40. The Morgan fingerprint density at radius 3 is 2.94 bits per heavy atom. The molecule has 0 heterocycles. The quantitative estimate of drug-likeness (QED) is 0.531. The van der Waals surface area contributed by atoms with Crippen molar-refractivity contribution in [2.75, 3.05) is 12.3 Å². The van der Waals surface area contributed by atoms with Gasteiger partial charge in [-0.25, -0.2) is 0 Å². The largest absolute Gasteiger partial charge is 0.508 e. The lowest BCUT2D eigenvalue weighted by atomic mass is 10.1. The number of anilines is 1. The summed E-state index contributed by atoms with van der Waals surface area (Å²) in [6, 6.07) is 4.39. The van der Waals surface area contributed by atoms with Crippen LogP contribution in [-0.4, -0.2) is 17.6 Å². The van der Waals surface area contributed by atoms with E-state index >= 15 is 0 Å². The molecule has 1 aliphatic rings. The van der Waals surface area contributed by atoms with Crippen LogP contribution in [-0.2, 0) is 0 Å². The highest BCUT2D eigenvalue weighted by molar-refractivity contribution is 5.99. The van der Waals surface area contributed by atoms with E-state index in [2.05, 4.69) is 5.32 Å². The molecule has 1 aromatic rings. The van der Waals surface area contributed by atoms with Crippen LogP contribution >= 0.6 is 0 Å². The van der Waals surface area contributed by atoms with Crippen LogP contribution in [0.1, 0.15) is 29.6 Å². The molecular formula is C12H16N2O2. The zero-order valence-corrected chi connectivity index (χ0v) is 9.07. The van der Waals surface area contributed by atoms with Crippen molar-refractivity contribution in [3.8, 4) is 5.75 Å². The predicted molar refractivity (Wildman–Crippen MR) is 62.2 cm³/mol. The number of hydrogen-bond acceptors (Lipinski definition) is 3. The van der Waals surface area contributed by atoms with Gasteiger partial charge in [-0.2, -0.15) is 0 Å². The molecule has 1 aromatic carbocycles. The molecule has 0 bridgehead atoms. The molecule has 4 N–H and O–H groups in total. The van der Waals surface area contributed by atoms with Gasteiger partial charge in [-0.15, -0.1) is 0 Å². The van der Waals surface area contributed by atoms with Crippen LogP contribution in [0.25, 0.3) is 0 Å². The molecule has 1 amide bonds. The smallest absolute Gasteiger partial charge is 0.253 e. The predicted octanol–water partition coefficient (Wildman–Crippen LogP) is 1.50. The molecule has 16 heavy (non-hydrogen) atoms. The van der Waals surface area contributed by atoms with Gasteiger partial charge < -0.3 is 16.2 Å². The number of carbonyl (C=O) groups excluding carboxylic acids is 1. The second-order valence-electron chi connectivity index (χ2n) is 4.26. The molecule has 1 aliphatic carbocycles. The number of nitrogen functional groups attached to an aromatic ring is 1. The third-order valence-corrected chi connectivity index (χ3v) is 2.82. The highest BCUT2D eigenvalue weighted by Gasteiger charge is 2.20. The molecule has 0 unspecified atom stereocenters. The van der Waals surface area contributed by atoms with Crippen LogP contribution in [0.2, 0.25) is 0 Å². The van der Waals surface area contributed by atoms with E-state index in [1.807, 2.05) is 0 Å². The number of benzene rings is 1. The molecule has 86 valence electrons. The van der Waals surface area contributed by atoms with Gasteiger partial charge in [-0.3, -0.25) is 4.79 Å². The first-order chi connectivity index (χ1) is 7.66. The molecule has 4 heteroatoms. The molecule has 2 rings (SSSR count). The van der Waals surface area contributed by atoms with Gasteiger partial charge in [0.05, 0.1) is 5.56 Å². The molecule has 0 radical (unpaired) electrons. The molecule has 0 spiro atoms. The van der Waals surface area contributed by atoms with E-state index in [0.717, 1.165) is 12.3 Å². The van der Waals surface area contributed by atoms with Gasteiger partial charge in [0.1, 0.15) is 5.75 Å². The van der Waals surface area contributed by atoms with Gasteiger partial charge in [-0.05, 0) is 30.5 Å².